The minimum atomic E-state index is -3.81. The van der Waals surface area contributed by atoms with E-state index in [1.165, 1.54) is 4.90 Å². The molecule has 1 unspecified atom stereocenters. The highest BCUT2D eigenvalue weighted by atomic mass is 35.5. The predicted octanol–water partition coefficient (Wildman–Crippen LogP) is 3.75. The number of halogens is 1. The molecule has 0 aromatic heterocycles. The van der Waals surface area contributed by atoms with Gasteiger partial charge >= 0.3 is 0 Å². The van der Waals surface area contributed by atoms with E-state index in [9.17, 15) is 18.0 Å². The molecular weight excluding hydrogens is 462 g/mol. The fraction of sp³-hybridized carbons (Fsp3) is 0.417. The summed E-state index contributed by atoms with van der Waals surface area (Å²) in [5.74, 6) is -0.822. The van der Waals surface area contributed by atoms with Gasteiger partial charge in [0.1, 0.15) is 12.6 Å². The van der Waals surface area contributed by atoms with Gasteiger partial charge < -0.3 is 10.2 Å². The Morgan fingerprint density at radius 2 is 1.67 bits per heavy atom. The van der Waals surface area contributed by atoms with Gasteiger partial charge in [-0.2, -0.15) is 0 Å². The van der Waals surface area contributed by atoms with Crippen LogP contribution in [-0.2, 0) is 26.2 Å². The molecule has 2 aromatic carbocycles. The van der Waals surface area contributed by atoms with E-state index in [2.05, 4.69) is 5.32 Å². The van der Waals surface area contributed by atoms with Crippen molar-refractivity contribution in [1.82, 2.24) is 10.2 Å². The largest absolute Gasteiger partial charge is 0.350 e. The lowest BCUT2D eigenvalue weighted by molar-refractivity contribution is -0.140. The number of benzene rings is 2. The Balaban J connectivity index is 2.42. The molecule has 0 aliphatic carbocycles. The topological polar surface area (TPSA) is 86.8 Å². The van der Waals surface area contributed by atoms with Crippen LogP contribution in [0.1, 0.15) is 38.8 Å². The van der Waals surface area contributed by atoms with Gasteiger partial charge in [-0.3, -0.25) is 13.9 Å². The Morgan fingerprint density at radius 1 is 1.06 bits per heavy atom. The number of anilines is 1. The van der Waals surface area contributed by atoms with Crippen LogP contribution in [0.3, 0.4) is 0 Å². The van der Waals surface area contributed by atoms with Crippen molar-refractivity contribution in [1.29, 1.82) is 0 Å². The standard InChI is InChI=1S/C24H32ClN3O4S/c1-17-20(25)13-10-14-21(17)28(33(6,31)32)16-22(29)27(15-19-11-8-7-9-12-19)18(2)23(30)26-24(3,4)5/h7-14,18H,15-16H2,1-6H3,(H,26,30). The van der Waals surface area contributed by atoms with Crippen molar-refractivity contribution in [3.8, 4) is 0 Å². The Bertz CT molecular complexity index is 1100. The predicted molar refractivity (Wildman–Crippen MR) is 133 cm³/mol. The zero-order valence-electron chi connectivity index (χ0n) is 19.9. The third-order valence-corrected chi connectivity index (χ3v) is 6.58. The summed E-state index contributed by atoms with van der Waals surface area (Å²) in [4.78, 5) is 27.8. The van der Waals surface area contributed by atoms with E-state index >= 15 is 0 Å². The summed E-state index contributed by atoms with van der Waals surface area (Å²) in [5.41, 5.74) is 1.21. The van der Waals surface area contributed by atoms with Crippen LogP contribution in [0.5, 0.6) is 0 Å². The van der Waals surface area contributed by atoms with Crippen LogP contribution in [0.4, 0.5) is 5.69 Å². The second kappa shape index (κ2) is 10.6. The molecule has 1 N–H and O–H groups in total. The van der Waals surface area contributed by atoms with Gasteiger partial charge in [-0.15, -0.1) is 0 Å². The Kier molecular flexibility index (Phi) is 8.54. The summed E-state index contributed by atoms with van der Waals surface area (Å²) in [6.45, 7) is 8.60. The quantitative estimate of drug-likeness (QED) is 0.606. The SMILES string of the molecule is Cc1c(Cl)cccc1N(CC(=O)N(Cc1ccccc1)C(C)C(=O)NC(C)(C)C)S(C)(=O)=O. The van der Waals surface area contributed by atoms with Gasteiger partial charge in [0.05, 0.1) is 11.9 Å². The number of sulfonamides is 1. The number of carbonyl (C=O) groups is 2. The lowest BCUT2D eigenvalue weighted by atomic mass is 10.1. The molecule has 0 heterocycles. The zero-order valence-corrected chi connectivity index (χ0v) is 21.5. The minimum Gasteiger partial charge on any atom is -0.350 e. The molecule has 0 saturated heterocycles. The lowest BCUT2D eigenvalue weighted by Gasteiger charge is -2.33. The zero-order chi connectivity index (χ0) is 25.0. The van der Waals surface area contributed by atoms with Crippen LogP contribution < -0.4 is 9.62 Å². The highest BCUT2D eigenvalue weighted by Gasteiger charge is 2.31. The first kappa shape index (κ1) is 26.7. The monoisotopic (exact) mass is 493 g/mol. The van der Waals surface area contributed by atoms with Gasteiger partial charge in [0, 0.05) is 17.1 Å². The first-order valence-electron chi connectivity index (χ1n) is 10.6. The normalized spacial score (nSPS) is 12.7. The second-order valence-electron chi connectivity index (χ2n) is 9.08. The maximum absolute atomic E-state index is 13.5. The summed E-state index contributed by atoms with van der Waals surface area (Å²) in [5, 5.41) is 3.29. The highest BCUT2D eigenvalue weighted by Crippen LogP contribution is 2.28. The van der Waals surface area contributed by atoms with Gasteiger partial charge in [-0.05, 0) is 57.9 Å². The summed E-state index contributed by atoms with van der Waals surface area (Å²) < 4.78 is 26.3. The molecule has 0 spiro atoms. The van der Waals surface area contributed by atoms with E-state index in [4.69, 9.17) is 11.6 Å². The summed E-state index contributed by atoms with van der Waals surface area (Å²) in [6, 6.07) is 13.3. The van der Waals surface area contributed by atoms with E-state index < -0.39 is 34.1 Å². The van der Waals surface area contributed by atoms with Gasteiger partial charge in [0.2, 0.25) is 21.8 Å². The Hall–Kier alpha value is -2.58. The molecule has 9 heteroatoms. The third kappa shape index (κ3) is 7.47. The van der Waals surface area contributed by atoms with E-state index in [1.807, 2.05) is 51.1 Å². The van der Waals surface area contributed by atoms with Crippen molar-refractivity contribution < 1.29 is 18.0 Å². The molecule has 0 aliphatic rings. The molecule has 2 amide bonds. The lowest BCUT2D eigenvalue weighted by Crippen LogP contribution is -2.54. The Labute approximate surface area is 201 Å². The van der Waals surface area contributed by atoms with Gasteiger partial charge in [0.25, 0.3) is 0 Å². The number of amides is 2. The first-order valence-corrected chi connectivity index (χ1v) is 12.8. The minimum absolute atomic E-state index is 0.157. The molecular formula is C24H32ClN3O4S. The maximum atomic E-state index is 13.5. The number of nitrogens with zero attached hydrogens (tertiary/aromatic N) is 2. The summed E-state index contributed by atoms with van der Waals surface area (Å²) >= 11 is 6.20. The molecule has 0 fully saturated rings. The molecule has 33 heavy (non-hydrogen) atoms. The van der Waals surface area contributed by atoms with Crippen molar-refractivity contribution in [2.24, 2.45) is 0 Å². The fourth-order valence-corrected chi connectivity index (χ4v) is 4.37. The van der Waals surface area contributed by atoms with Crippen molar-refractivity contribution in [3.05, 3.63) is 64.7 Å². The van der Waals surface area contributed by atoms with E-state index in [0.717, 1.165) is 16.1 Å². The third-order valence-electron chi connectivity index (χ3n) is 5.05. The molecule has 0 radical (unpaired) electrons. The smallest absolute Gasteiger partial charge is 0.244 e. The molecule has 7 nitrogen and oxygen atoms in total. The van der Waals surface area contributed by atoms with Crippen molar-refractivity contribution in [3.63, 3.8) is 0 Å². The second-order valence-corrected chi connectivity index (χ2v) is 11.4. The number of hydrogen-bond donors (Lipinski definition) is 1. The van der Waals surface area contributed by atoms with Crippen LogP contribution in [-0.4, -0.2) is 49.5 Å². The number of rotatable bonds is 8. The van der Waals surface area contributed by atoms with Gasteiger partial charge in [-0.1, -0.05) is 48.0 Å². The van der Waals surface area contributed by atoms with E-state index in [0.29, 0.717) is 16.3 Å². The number of nitrogens with one attached hydrogen (secondary N) is 1. The highest BCUT2D eigenvalue weighted by molar-refractivity contribution is 7.92. The van der Waals surface area contributed by atoms with Crippen LogP contribution in [0, 0.1) is 6.92 Å². The van der Waals surface area contributed by atoms with Crippen LogP contribution >= 0.6 is 11.6 Å². The van der Waals surface area contributed by atoms with Crippen LogP contribution in [0.2, 0.25) is 5.02 Å². The molecule has 2 rings (SSSR count). The molecule has 180 valence electrons. The van der Waals surface area contributed by atoms with Gasteiger partial charge in [-0.25, -0.2) is 8.42 Å². The number of hydrogen-bond acceptors (Lipinski definition) is 4. The fourth-order valence-electron chi connectivity index (χ4n) is 3.30. The van der Waals surface area contributed by atoms with Gasteiger partial charge in [0.15, 0.2) is 0 Å². The summed E-state index contributed by atoms with van der Waals surface area (Å²) in [7, 11) is -3.81. The van der Waals surface area contributed by atoms with Crippen molar-refractivity contribution >= 4 is 39.1 Å². The molecule has 2 aromatic rings. The van der Waals surface area contributed by atoms with E-state index in [1.54, 1.807) is 32.0 Å². The molecule has 0 aliphatic heterocycles. The Morgan fingerprint density at radius 3 is 2.21 bits per heavy atom. The maximum Gasteiger partial charge on any atom is 0.244 e. The van der Waals surface area contributed by atoms with Crippen LogP contribution in [0.25, 0.3) is 0 Å². The first-order chi connectivity index (χ1) is 15.2. The average Bonchev–Trinajstić information content (AvgIpc) is 2.70. The average molecular weight is 494 g/mol. The summed E-state index contributed by atoms with van der Waals surface area (Å²) in [6.07, 6.45) is 1.04. The van der Waals surface area contributed by atoms with E-state index in [-0.39, 0.29) is 12.5 Å². The number of carbonyl (C=O) groups excluding carboxylic acids is 2. The van der Waals surface area contributed by atoms with Crippen molar-refractivity contribution in [2.75, 3.05) is 17.1 Å². The molecule has 0 bridgehead atoms. The van der Waals surface area contributed by atoms with Crippen LogP contribution in [0.15, 0.2) is 48.5 Å². The van der Waals surface area contributed by atoms with Crippen molar-refractivity contribution in [2.45, 2.75) is 52.7 Å². The molecule has 1 atom stereocenters. The molecule has 0 saturated carbocycles.